The maximum Gasteiger partial charge on any atom is 0.136 e. The molecule has 3 heteroatoms. The van der Waals surface area contributed by atoms with Gasteiger partial charge in [-0.05, 0) is 33.2 Å². The number of hydrogen-bond acceptors (Lipinski definition) is 2. The summed E-state index contributed by atoms with van der Waals surface area (Å²) in [6, 6.07) is 6.62. The van der Waals surface area contributed by atoms with Crippen LogP contribution in [0.15, 0.2) is 30.6 Å². The number of nitrogens with zero attached hydrogens (tertiary/aromatic N) is 3. The third-order valence-corrected chi connectivity index (χ3v) is 2.88. The molecule has 0 radical (unpaired) electrons. The Hall–Kier alpha value is -1.35. The van der Waals surface area contributed by atoms with Gasteiger partial charge >= 0.3 is 0 Å². The molecule has 2 heterocycles. The van der Waals surface area contributed by atoms with Crippen LogP contribution in [0.3, 0.4) is 0 Å². The summed E-state index contributed by atoms with van der Waals surface area (Å²) in [4.78, 5) is 6.60. The molecule has 0 saturated heterocycles. The van der Waals surface area contributed by atoms with Crippen LogP contribution in [0.2, 0.25) is 0 Å². The van der Waals surface area contributed by atoms with E-state index < -0.39 is 0 Å². The molecule has 0 amide bonds. The standard InChI is InChI=1S/C12H17N3/c1-10(14(2)3)8-11-9-13-12-6-4-5-7-15(11)12/h4-7,9-10H,8H2,1-3H3. The largest absolute Gasteiger partial charge is 0.306 e. The average molecular weight is 203 g/mol. The predicted octanol–water partition coefficient (Wildman–Crippen LogP) is 1.83. The van der Waals surface area contributed by atoms with Crippen LogP contribution < -0.4 is 0 Å². The fourth-order valence-electron chi connectivity index (χ4n) is 1.62. The molecule has 1 unspecified atom stereocenters. The van der Waals surface area contributed by atoms with Gasteiger partial charge in [0.2, 0.25) is 0 Å². The molecule has 3 nitrogen and oxygen atoms in total. The van der Waals surface area contributed by atoms with E-state index in [1.165, 1.54) is 5.69 Å². The van der Waals surface area contributed by atoms with Crippen molar-refractivity contribution >= 4 is 5.65 Å². The maximum atomic E-state index is 4.38. The number of imidazole rings is 1. The number of pyridine rings is 1. The van der Waals surface area contributed by atoms with Gasteiger partial charge in [0, 0.05) is 30.6 Å². The van der Waals surface area contributed by atoms with Crippen molar-refractivity contribution < 1.29 is 0 Å². The molecule has 15 heavy (non-hydrogen) atoms. The lowest BCUT2D eigenvalue weighted by Crippen LogP contribution is -2.27. The second kappa shape index (κ2) is 4.03. The molecule has 0 fully saturated rings. The van der Waals surface area contributed by atoms with E-state index >= 15 is 0 Å². The molecular weight excluding hydrogens is 186 g/mol. The minimum absolute atomic E-state index is 0.533. The highest BCUT2D eigenvalue weighted by Gasteiger charge is 2.09. The molecule has 0 aliphatic carbocycles. The minimum Gasteiger partial charge on any atom is -0.306 e. The molecule has 0 N–H and O–H groups in total. The summed E-state index contributed by atoms with van der Waals surface area (Å²) in [5.74, 6) is 0. The van der Waals surface area contributed by atoms with E-state index in [4.69, 9.17) is 0 Å². The predicted molar refractivity (Wildman–Crippen MR) is 62.0 cm³/mol. The van der Waals surface area contributed by atoms with Crippen molar-refractivity contribution in [3.63, 3.8) is 0 Å². The Bertz CT molecular complexity index is 445. The second-order valence-electron chi connectivity index (χ2n) is 4.20. The first-order valence-electron chi connectivity index (χ1n) is 5.26. The quantitative estimate of drug-likeness (QED) is 0.758. The van der Waals surface area contributed by atoms with E-state index in [2.05, 4.69) is 41.5 Å². The number of hydrogen-bond donors (Lipinski definition) is 0. The third kappa shape index (κ3) is 2.02. The first-order valence-corrected chi connectivity index (χ1v) is 5.26. The Morgan fingerprint density at radius 2 is 2.20 bits per heavy atom. The van der Waals surface area contributed by atoms with Crippen LogP contribution in [0, 0.1) is 0 Å². The zero-order valence-corrected chi connectivity index (χ0v) is 9.51. The normalized spacial score (nSPS) is 13.6. The van der Waals surface area contributed by atoms with E-state index in [1.54, 1.807) is 0 Å². The van der Waals surface area contributed by atoms with Crippen LogP contribution in [-0.2, 0) is 6.42 Å². The number of fused-ring (bicyclic) bond motifs is 1. The monoisotopic (exact) mass is 203 g/mol. The second-order valence-corrected chi connectivity index (χ2v) is 4.20. The zero-order chi connectivity index (χ0) is 10.8. The van der Waals surface area contributed by atoms with Crippen molar-refractivity contribution in [3.8, 4) is 0 Å². The Balaban J connectivity index is 2.29. The van der Waals surface area contributed by atoms with Crippen molar-refractivity contribution in [2.45, 2.75) is 19.4 Å². The summed E-state index contributed by atoms with van der Waals surface area (Å²) in [5, 5.41) is 0. The Morgan fingerprint density at radius 1 is 1.40 bits per heavy atom. The van der Waals surface area contributed by atoms with Crippen LogP contribution in [0.4, 0.5) is 0 Å². The highest BCUT2D eigenvalue weighted by Crippen LogP contribution is 2.09. The van der Waals surface area contributed by atoms with Gasteiger partial charge in [0.25, 0.3) is 0 Å². The van der Waals surface area contributed by atoms with Gasteiger partial charge < -0.3 is 9.30 Å². The SMILES string of the molecule is CC(Cc1cnc2ccccn12)N(C)C. The maximum absolute atomic E-state index is 4.38. The minimum atomic E-state index is 0.533. The lowest BCUT2D eigenvalue weighted by Gasteiger charge is -2.19. The van der Waals surface area contributed by atoms with Gasteiger partial charge in [0.05, 0.1) is 0 Å². The molecule has 0 aromatic carbocycles. The fourth-order valence-corrected chi connectivity index (χ4v) is 1.62. The lowest BCUT2D eigenvalue weighted by atomic mass is 10.2. The van der Waals surface area contributed by atoms with Crippen LogP contribution in [0.5, 0.6) is 0 Å². The van der Waals surface area contributed by atoms with Gasteiger partial charge in [-0.2, -0.15) is 0 Å². The third-order valence-electron chi connectivity index (χ3n) is 2.88. The van der Waals surface area contributed by atoms with Gasteiger partial charge in [-0.3, -0.25) is 0 Å². The van der Waals surface area contributed by atoms with Gasteiger partial charge in [0.1, 0.15) is 5.65 Å². The summed E-state index contributed by atoms with van der Waals surface area (Å²) in [7, 11) is 4.21. The summed E-state index contributed by atoms with van der Waals surface area (Å²) in [6.45, 7) is 2.22. The molecule has 0 aliphatic heterocycles. The van der Waals surface area contributed by atoms with Crippen molar-refractivity contribution in [1.82, 2.24) is 14.3 Å². The van der Waals surface area contributed by atoms with Crippen molar-refractivity contribution in [1.29, 1.82) is 0 Å². The first-order chi connectivity index (χ1) is 7.18. The molecule has 1 atom stereocenters. The van der Waals surface area contributed by atoms with Crippen molar-refractivity contribution in [3.05, 3.63) is 36.3 Å². The summed E-state index contributed by atoms with van der Waals surface area (Å²) >= 11 is 0. The van der Waals surface area contributed by atoms with Gasteiger partial charge in [-0.1, -0.05) is 6.07 Å². The summed E-state index contributed by atoms with van der Waals surface area (Å²) in [6.07, 6.45) is 5.06. The van der Waals surface area contributed by atoms with E-state index in [-0.39, 0.29) is 0 Å². The first kappa shape index (κ1) is 10.2. The van der Waals surface area contributed by atoms with E-state index in [9.17, 15) is 0 Å². The topological polar surface area (TPSA) is 20.5 Å². The lowest BCUT2D eigenvalue weighted by molar-refractivity contribution is 0.310. The Morgan fingerprint density at radius 3 is 2.93 bits per heavy atom. The highest BCUT2D eigenvalue weighted by molar-refractivity contribution is 5.39. The van der Waals surface area contributed by atoms with Gasteiger partial charge in [-0.25, -0.2) is 4.98 Å². The fraction of sp³-hybridized carbons (Fsp3) is 0.417. The molecule has 0 aliphatic rings. The van der Waals surface area contributed by atoms with Crippen LogP contribution in [-0.4, -0.2) is 34.4 Å². The number of rotatable bonds is 3. The van der Waals surface area contributed by atoms with Crippen molar-refractivity contribution in [2.24, 2.45) is 0 Å². The molecule has 2 aromatic rings. The summed E-state index contributed by atoms with van der Waals surface area (Å²) < 4.78 is 2.15. The molecule has 80 valence electrons. The molecule has 0 spiro atoms. The Labute approximate surface area is 90.4 Å². The smallest absolute Gasteiger partial charge is 0.136 e. The van der Waals surface area contributed by atoms with Crippen LogP contribution in [0.25, 0.3) is 5.65 Å². The molecule has 0 saturated carbocycles. The van der Waals surface area contributed by atoms with E-state index in [0.717, 1.165) is 12.1 Å². The van der Waals surface area contributed by atoms with Crippen molar-refractivity contribution in [2.75, 3.05) is 14.1 Å². The Kier molecular flexibility index (Phi) is 2.73. The molecule has 2 rings (SSSR count). The highest BCUT2D eigenvalue weighted by atomic mass is 15.1. The molecule has 2 aromatic heterocycles. The number of likely N-dealkylation sites (N-methyl/N-ethyl adjacent to an activating group) is 1. The van der Waals surface area contributed by atoms with Gasteiger partial charge in [-0.15, -0.1) is 0 Å². The van der Waals surface area contributed by atoms with Gasteiger partial charge in [0.15, 0.2) is 0 Å². The average Bonchev–Trinajstić information content (AvgIpc) is 2.62. The van der Waals surface area contributed by atoms with E-state index in [0.29, 0.717) is 6.04 Å². The van der Waals surface area contributed by atoms with Crippen LogP contribution >= 0.6 is 0 Å². The number of aromatic nitrogens is 2. The van der Waals surface area contributed by atoms with E-state index in [1.807, 2.05) is 24.4 Å². The molecular formula is C12H17N3. The summed E-state index contributed by atoms with van der Waals surface area (Å²) in [5.41, 5.74) is 2.30. The zero-order valence-electron chi connectivity index (χ0n) is 9.51. The molecule has 0 bridgehead atoms. The van der Waals surface area contributed by atoms with Crippen LogP contribution in [0.1, 0.15) is 12.6 Å².